The molecule has 0 spiro atoms. The van der Waals surface area contributed by atoms with Gasteiger partial charge >= 0.3 is 5.97 Å². The van der Waals surface area contributed by atoms with Gasteiger partial charge in [-0.15, -0.1) is 0 Å². The van der Waals surface area contributed by atoms with Crippen LogP contribution in [0.25, 0.3) is 10.2 Å². The third-order valence-electron chi connectivity index (χ3n) is 4.77. The molecule has 0 radical (unpaired) electrons. The molecule has 0 saturated heterocycles. The molecule has 0 fully saturated rings. The van der Waals surface area contributed by atoms with Gasteiger partial charge in [0.15, 0.2) is 16.3 Å². The van der Waals surface area contributed by atoms with Gasteiger partial charge in [0.1, 0.15) is 31.3 Å². The van der Waals surface area contributed by atoms with Crippen LogP contribution in [-0.4, -0.2) is 50.5 Å². The number of ether oxygens (including phenoxy) is 5. The molecule has 0 aliphatic carbocycles. The monoisotopic (exact) mass is 458 g/mol. The summed E-state index contributed by atoms with van der Waals surface area (Å²) in [6, 6.07) is 8.51. The van der Waals surface area contributed by atoms with E-state index in [0.29, 0.717) is 46.5 Å². The zero-order chi connectivity index (χ0) is 22.7. The van der Waals surface area contributed by atoms with E-state index in [9.17, 15) is 9.59 Å². The van der Waals surface area contributed by atoms with Crippen molar-refractivity contribution in [2.45, 2.75) is 13.5 Å². The molecule has 4 rings (SSSR count). The molecule has 0 bridgehead atoms. The average molecular weight is 458 g/mol. The number of nitrogens with zero attached hydrogens (tertiary/aromatic N) is 2. The van der Waals surface area contributed by atoms with Crippen molar-refractivity contribution in [3.63, 3.8) is 0 Å². The first-order valence-corrected chi connectivity index (χ1v) is 10.8. The fourth-order valence-electron chi connectivity index (χ4n) is 3.31. The molecule has 1 amide bonds. The lowest BCUT2D eigenvalue weighted by molar-refractivity contribution is -0.143. The Morgan fingerprint density at radius 3 is 2.53 bits per heavy atom. The van der Waals surface area contributed by atoms with E-state index in [2.05, 4.69) is 4.99 Å². The highest BCUT2D eigenvalue weighted by molar-refractivity contribution is 7.16. The molecule has 1 aromatic heterocycles. The Kier molecular flexibility index (Phi) is 6.31. The van der Waals surface area contributed by atoms with E-state index in [1.807, 2.05) is 6.07 Å². The topological polar surface area (TPSA) is 97.6 Å². The van der Waals surface area contributed by atoms with E-state index in [0.717, 1.165) is 4.70 Å². The molecule has 2 aromatic carbocycles. The van der Waals surface area contributed by atoms with Crippen LogP contribution in [0.5, 0.6) is 23.0 Å². The molecule has 10 heteroatoms. The number of hydrogen-bond donors (Lipinski definition) is 0. The zero-order valence-corrected chi connectivity index (χ0v) is 18.7. The fraction of sp³-hybridized carbons (Fsp3) is 0.318. The van der Waals surface area contributed by atoms with Gasteiger partial charge in [-0.3, -0.25) is 9.59 Å². The van der Waals surface area contributed by atoms with Crippen LogP contribution in [0.2, 0.25) is 0 Å². The summed E-state index contributed by atoms with van der Waals surface area (Å²) in [6.07, 6.45) is 0. The van der Waals surface area contributed by atoms with Gasteiger partial charge in [0.25, 0.3) is 5.91 Å². The minimum atomic E-state index is -0.526. The smallest absolute Gasteiger partial charge is 0.326 e. The minimum Gasteiger partial charge on any atom is -0.497 e. The first kappa shape index (κ1) is 21.7. The van der Waals surface area contributed by atoms with Crippen LogP contribution in [-0.2, 0) is 16.1 Å². The Morgan fingerprint density at radius 1 is 1.09 bits per heavy atom. The fourth-order valence-corrected chi connectivity index (χ4v) is 4.35. The molecule has 0 saturated carbocycles. The van der Waals surface area contributed by atoms with Gasteiger partial charge in [0.2, 0.25) is 0 Å². The number of carbonyl (C=O) groups excluding carboxylic acids is 2. The van der Waals surface area contributed by atoms with Crippen LogP contribution in [0.3, 0.4) is 0 Å². The molecule has 1 aliphatic rings. The SMILES string of the molecule is CCOC(=O)Cn1c(=NC(=O)c2cc(OC)ccc2OC)sc2cc3c(cc21)OCCO3. The largest absolute Gasteiger partial charge is 0.497 e. The summed E-state index contributed by atoms with van der Waals surface area (Å²) in [7, 11) is 2.99. The van der Waals surface area contributed by atoms with Gasteiger partial charge in [-0.1, -0.05) is 11.3 Å². The zero-order valence-electron chi connectivity index (χ0n) is 17.9. The van der Waals surface area contributed by atoms with Gasteiger partial charge in [0.05, 0.1) is 36.6 Å². The van der Waals surface area contributed by atoms with Crippen molar-refractivity contribution in [2.24, 2.45) is 4.99 Å². The summed E-state index contributed by atoms with van der Waals surface area (Å²) in [6.45, 7) is 2.78. The van der Waals surface area contributed by atoms with Crippen LogP contribution in [0.1, 0.15) is 17.3 Å². The van der Waals surface area contributed by atoms with Crippen molar-refractivity contribution in [1.82, 2.24) is 4.57 Å². The van der Waals surface area contributed by atoms with E-state index in [1.165, 1.54) is 25.6 Å². The third-order valence-corrected chi connectivity index (χ3v) is 5.81. The molecule has 0 atom stereocenters. The highest BCUT2D eigenvalue weighted by Crippen LogP contribution is 2.35. The Bertz CT molecular complexity index is 1250. The summed E-state index contributed by atoms with van der Waals surface area (Å²) in [5.74, 6) is 1.10. The Labute approximate surface area is 187 Å². The van der Waals surface area contributed by atoms with Gasteiger partial charge in [-0.25, -0.2) is 0 Å². The van der Waals surface area contributed by atoms with Crippen molar-refractivity contribution in [1.29, 1.82) is 0 Å². The van der Waals surface area contributed by atoms with E-state index >= 15 is 0 Å². The normalized spacial score (nSPS) is 13.2. The Morgan fingerprint density at radius 2 is 1.84 bits per heavy atom. The first-order chi connectivity index (χ1) is 15.5. The standard InChI is InChI=1S/C22H22N2O7S/c1-4-29-20(25)12-24-15-10-17-18(31-8-7-30-17)11-19(15)32-22(24)23-21(26)14-9-13(27-2)5-6-16(14)28-3/h5-6,9-11H,4,7-8,12H2,1-3H3. The quantitative estimate of drug-likeness (QED) is 0.524. The van der Waals surface area contributed by atoms with Crippen molar-refractivity contribution in [3.8, 4) is 23.0 Å². The van der Waals surface area contributed by atoms with Gasteiger partial charge in [-0.2, -0.15) is 4.99 Å². The molecule has 9 nitrogen and oxygen atoms in total. The number of aromatic nitrogens is 1. The van der Waals surface area contributed by atoms with Gasteiger partial charge in [0, 0.05) is 12.1 Å². The summed E-state index contributed by atoms with van der Waals surface area (Å²) >= 11 is 1.26. The first-order valence-electron chi connectivity index (χ1n) is 9.93. The summed E-state index contributed by atoms with van der Waals surface area (Å²) in [5.41, 5.74) is 0.939. The number of amides is 1. The number of thiazole rings is 1. The number of carbonyl (C=O) groups is 2. The van der Waals surface area contributed by atoms with Crippen LogP contribution in [0, 0.1) is 0 Å². The van der Waals surface area contributed by atoms with E-state index in [4.69, 9.17) is 23.7 Å². The number of fused-ring (bicyclic) bond motifs is 2. The van der Waals surface area contributed by atoms with E-state index in [1.54, 1.807) is 35.8 Å². The summed E-state index contributed by atoms with van der Waals surface area (Å²) in [4.78, 5) is 30.0. The maximum Gasteiger partial charge on any atom is 0.326 e. The van der Waals surface area contributed by atoms with Crippen molar-refractivity contribution in [2.75, 3.05) is 34.0 Å². The number of rotatable bonds is 6. The van der Waals surface area contributed by atoms with E-state index in [-0.39, 0.29) is 18.7 Å². The molecule has 0 N–H and O–H groups in total. The summed E-state index contributed by atoms with van der Waals surface area (Å²) < 4.78 is 29.4. The average Bonchev–Trinajstić information content (AvgIpc) is 3.12. The van der Waals surface area contributed by atoms with Crippen molar-refractivity contribution < 1.29 is 33.3 Å². The molecule has 168 valence electrons. The highest BCUT2D eigenvalue weighted by Gasteiger charge is 2.19. The second-order valence-electron chi connectivity index (χ2n) is 6.72. The molecule has 1 aliphatic heterocycles. The van der Waals surface area contributed by atoms with Crippen LogP contribution >= 0.6 is 11.3 Å². The molecule has 3 aromatic rings. The predicted molar refractivity (Wildman–Crippen MR) is 117 cm³/mol. The maximum atomic E-state index is 13.1. The second kappa shape index (κ2) is 9.31. The second-order valence-corrected chi connectivity index (χ2v) is 7.73. The Balaban J connectivity index is 1.86. The highest BCUT2D eigenvalue weighted by atomic mass is 32.1. The summed E-state index contributed by atoms with van der Waals surface area (Å²) in [5, 5.41) is 0. The van der Waals surface area contributed by atoms with Crippen molar-refractivity contribution in [3.05, 3.63) is 40.7 Å². The van der Waals surface area contributed by atoms with E-state index < -0.39 is 11.9 Å². The number of benzene rings is 2. The third kappa shape index (κ3) is 4.26. The van der Waals surface area contributed by atoms with Crippen molar-refractivity contribution >= 4 is 33.4 Å². The number of hydrogen-bond acceptors (Lipinski definition) is 8. The lowest BCUT2D eigenvalue weighted by Crippen LogP contribution is -2.23. The Hall–Kier alpha value is -3.53. The van der Waals surface area contributed by atoms with Crippen LogP contribution in [0.4, 0.5) is 0 Å². The lowest BCUT2D eigenvalue weighted by atomic mass is 10.2. The minimum absolute atomic E-state index is 0.102. The predicted octanol–water partition coefficient (Wildman–Crippen LogP) is 2.80. The number of methoxy groups -OCH3 is 2. The van der Waals surface area contributed by atoms with Gasteiger partial charge < -0.3 is 28.3 Å². The van der Waals surface area contributed by atoms with Crippen LogP contribution in [0.15, 0.2) is 35.3 Å². The van der Waals surface area contributed by atoms with Crippen LogP contribution < -0.4 is 23.7 Å². The molecular weight excluding hydrogens is 436 g/mol. The molecular formula is C22H22N2O7S. The maximum absolute atomic E-state index is 13.1. The molecule has 32 heavy (non-hydrogen) atoms. The van der Waals surface area contributed by atoms with Gasteiger partial charge in [-0.05, 0) is 25.1 Å². The molecule has 0 unspecified atom stereocenters. The number of esters is 1. The molecule has 2 heterocycles. The lowest BCUT2D eigenvalue weighted by Gasteiger charge is -2.18.